The van der Waals surface area contributed by atoms with E-state index in [2.05, 4.69) is 10.3 Å². The van der Waals surface area contributed by atoms with Crippen LogP contribution in [0.25, 0.3) is 0 Å². The topological polar surface area (TPSA) is 50.9 Å². The smallest absolute Gasteiger partial charge is 0.396 e. The van der Waals surface area contributed by atoms with Crippen molar-refractivity contribution in [3.8, 4) is 0 Å². The zero-order valence-electron chi connectivity index (χ0n) is 11.7. The van der Waals surface area contributed by atoms with Crippen LogP contribution >= 0.6 is 0 Å². The molecule has 3 nitrogen and oxygen atoms in total. The van der Waals surface area contributed by atoms with E-state index in [-0.39, 0.29) is 11.4 Å². The van der Waals surface area contributed by atoms with E-state index in [1.807, 2.05) is 32.0 Å². The minimum Gasteiger partial charge on any atom is -0.396 e. The molecule has 0 aliphatic rings. The number of benzene rings is 1. The highest BCUT2D eigenvalue weighted by atomic mass is 19.4. The van der Waals surface area contributed by atoms with Gasteiger partial charge in [-0.15, -0.1) is 0 Å². The van der Waals surface area contributed by atoms with Crippen LogP contribution in [0, 0.1) is 0 Å². The molecule has 2 rings (SSSR count). The third kappa shape index (κ3) is 3.65. The molecule has 6 heteroatoms. The van der Waals surface area contributed by atoms with E-state index in [1.165, 1.54) is 0 Å². The average Bonchev–Trinajstić information content (AvgIpc) is 2.40. The number of nitrogen functional groups attached to an aromatic ring is 1. The van der Waals surface area contributed by atoms with E-state index >= 15 is 0 Å². The van der Waals surface area contributed by atoms with Gasteiger partial charge in [-0.2, -0.15) is 13.2 Å². The van der Waals surface area contributed by atoms with Gasteiger partial charge in [0.25, 0.3) is 0 Å². The van der Waals surface area contributed by atoms with Crippen molar-refractivity contribution in [3.63, 3.8) is 0 Å². The summed E-state index contributed by atoms with van der Waals surface area (Å²) in [6.07, 6.45) is -3.48. The van der Waals surface area contributed by atoms with Crippen LogP contribution in [0.15, 0.2) is 36.5 Å². The van der Waals surface area contributed by atoms with Gasteiger partial charge < -0.3 is 11.1 Å². The molecule has 0 saturated heterocycles. The molecule has 0 aliphatic carbocycles. The predicted octanol–water partition coefficient (Wildman–Crippen LogP) is 4.55. The second-order valence-electron chi connectivity index (χ2n) is 5.06. The van der Waals surface area contributed by atoms with E-state index in [9.17, 15) is 13.2 Å². The van der Waals surface area contributed by atoms with Crippen molar-refractivity contribution in [1.29, 1.82) is 0 Å². The van der Waals surface area contributed by atoms with Crippen molar-refractivity contribution in [3.05, 3.63) is 47.8 Å². The number of rotatable bonds is 3. The van der Waals surface area contributed by atoms with Crippen LogP contribution in [0.3, 0.4) is 0 Å². The molecular formula is C15H16F3N3. The predicted molar refractivity (Wildman–Crippen MR) is 77.5 cm³/mol. The molecule has 0 unspecified atom stereocenters. The molecule has 0 atom stereocenters. The van der Waals surface area contributed by atoms with E-state index in [0.29, 0.717) is 11.6 Å². The SMILES string of the molecule is CC(C)c1cccc(Nc2cc(C(F)(F)F)ncc2N)c1. The van der Waals surface area contributed by atoms with Crippen molar-refractivity contribution >= 4 is 17.1 Å². The standard InChI is InChI=1S/C15H16F3N3/c1-9(2)10-4-3-5-11(6-10)21-13-7-14(15(16,17)18)20-8-12(13)19/h3-9H,19H2,1-2H3,(H,20,21). The molecule has 0 spiro atoms. The Morgan fingerprint density at radius 1 is 1.19 bits per heavy atom. The first-order valence-electron chi connectivity index (χ1n) is 6.47. The van der Waals surface area contributed by atoms with E-state index in [0.717, 1.165) is 17.8 Å². The summed E-state index contributed by atoms with van der Waals surface area (Å²) in [6.45, 7) is 4.09. The summed E-state index contributed by atoms with van der Waals surface area (Å²) < 4.78 is 38.0. The third-order valence-corrected chi connectivity index (χ3v) is 3.06. The van der Waals surface area contributed by atoms with Gasteiger partial charge in [-0.25, -0.2) is 4.98 Å². The van der Waals surface area contributed by atoms with Gasteiger partial charge in [-0.1, -0.05) is 26.0 Å². The van der Waals surface area contributed by atoms with Crippen molar-refractivity contribution in [2.75, 3.05) is 11.1 Å². The molecule has 0 fully saturated rings. The van der Waals surface area contributed by atoms with Crippen molar-refractivity contribution in [2.45, 2.75) is 25.9 Å². The molecule has 3 N–H and O–H groups in total. The molecule has 0 amide bonds. The molecule has 0 saturated carbocycles. The summed E-state index contributed by atoms with van der Waals surface area (Å²) in [5.74, 6) is 0.326. The minimum atomic E-state index is -4.50. The van der Waals surface area contributed by atoms with Crippen molar-refractivity contribution in [2.24, 2.45) is 0 Å². The summed E-state index contributed by atoms with van der Waals surface area (Å²) >= 11 is 0. The summed E-state index contributed by atoms with van der Waals surface area (Å²) in [7, 11) is 0. The summed E-state index contributed by atoms with van der Waals surface area (Å²) in [4.78, 5) is 3.31. The molecule has 21 heavy (non-hydrogen) atoms. The molecule has 2 aromatic rings. The van der Waals surface area contributed by atoms with Crippen LogP contribution in [-0.4, -0.2) is 4.98 Å². The summed E-state index contributed by atoms with van der Waals surface area (Å²) in [5.41, 5.74) is 6.84. The molecule has 112 valence electrons. The minimum absolute atomic E-state index is 0.165. The quantitative estimate of drug-likeness (QED) is 0.873. The number of hydrogen-bond acceptors (Lipinski definition) is 3. The maximum Gasteiger partial charge on any atom is 0.433 e. The lowest BCUT2D eigenvalue weighted by molar-refractivity contribution is -0.141. The Labute approximate surface area is 121 Å². The van der Waals surface area contributed by atoms with Gasteiger partial charge in [-0.3, -0.25) is 0 Å². The fraction of sp³-hybridized carbons (Fsp3) is 0.267. The molecule has 1 aromatic carbocycles. The molecule has 0 bridgehead atoms. The van der Waals surface area contributed by atoms with E-state index < -0.39 is 11.9 Å². The van der Waals surface area contributed by atoms with Gasteiger partial charge in [0.15, 0.2) is 0 Å². The average molecular weight is 295 g/mol. The first-order chi connectivity index (χ1) is 9.77. The van der Waals surface area contributed by atoms with E-state index in [1.54, 1.807) is 6.07 Å². The second-order valence-corrected chi connectivity index (χ2v) is 5.06. The number of alkyl halides is 3. The maximum atomic E-state index is 12.7. The monoisotopic (exact) mass is 295 g/mol. The third-order valence-electron chi connectivity index (χ3n) is 3.06. The first-order valence-corrected chi connectivity index (χ1v) is 6.47. The number of aromatic nitrogens is 1. The zero-order valence-corrected chi connectivity index (χ0v) is 11.7. The molecule has 1 aromatic heterocycles. The Hall–Kier alpha value is -2.24. The Morgan fingerprint density at radius 3 is 2.52 bits per heavy atom. The fourth-order valence-corrected chi connectivity index (χ4v) is 1.86. The number of anilines is 3. The van der Waals surface area contributed by atoms with Crippen molar-refractivity contribution in [1.82, 2.24) is 4.98 Å². The van der Waals surface area contributed by atoms with Gasteiger partial charge in [-0.05, 0) is 29.7 Å². The second kappa shape index (κ2) is 5.63. The van der Waals surface area contributed by atoms with Crippen LogP contribution in [0.1, 0.15) is 31.0 Å². The Balaban J connectivity index is 2.33. The number of halogens is 3. The summed E-state index contributed by atoms with van der Waals surface area (Å²) in [6, 6.07) is 8.39. The number of pyridine rings is 1. The maximum absolute atomic E-state index is 12.7. The van der Waals surface area contributed by atoms with Crippen LogP contribution < -0.4 is 11.1 Å². The van der Waals surface area contributed by atoms with Crippen LogP contribution in [0.5, 0.6) is 0 Å². The number of nitrogens with two attached hydrogens (primary N) is 1. The summed E-state index contributed by atoms with van der Waals surface area (Å²) in [5, 5.41) is 2.91. The lowest BCUT2D eigenvalue weighted by atomic mass is 10.0. The van der Waals surface area contributed by atoms with Crippen LogP contribution in [0.2, 0.25) is 0 Å². The number of nitrogens with one attached hydrogen (secondary N) is 1. The number of hydrogen-bond donors (Lipinski definition) is 2. The number of nitrogens with zero attached hydrogens (tertiary/aromatic N) is 1. The highest BCUT2D eigenvalue weighted by Gasteiger charge is 2.32. The fourth-order valence-electron chi connectivity index (χ4n) is 1.86. The van der Waals surface area contributed by atoms with Crippen LogP contribution in [0.4, 0.5) is 30.2 Å². The van der Waals surface area contributed by atoms with Gasteiger partial charge in [0.1, 0.15) is 5.69 Å². The van der Waals surface area contributed by atoms with Crippen molar-refractivity contribution < 1.29 is 13.2 Å². The zero-order chi connectivity index (χ0) is 15.6. The Kier molecular flexibility index (Phi) is 4.06. The highest BCUT2D eigenvalue weighted by molar-refractivity contribution is 5.72. The normalized spacial score (nSPS) is 11.7. The highest BCUT2D eigenvalue weighted by Crippen LogP contribution is 2.32. The van der Waals surface area contributed by atoms with Gasteiger partial charge >= 0.3 is 6.18 Å². The van der Waals surface area contributed by atoms with E-state index in [4.69, 9.17) is 5.73 Å². The van der Waals surface area contributed by atoms with Gasteiger partial charge in [0, 0.05) is 5.69 Å². The van der Waals surface area contributed by atoms with Gasteiger partial charge in [0.05, 0.1) is 17.6 Å². The Bertz CT molecular complexity index is 636. The Morgan fingerprint density at radius 2 is 1.90 bits per heavy atom. The lowest BCUT2D eigenvalue weighted by Crippen LogP contribution is -2.09. The molecule has 1 heterocycles. The molecule has 0 radical (unpaired) electrons. The van der Waals surface area contributed by atoms with Crippen LogP contribution in [-0.2, 0) is 6.18 Å². The van der Waals surface area contributed by atoms with Gasteiger partial charge in [0.2, 0.25) is 0 Å². The first kappa shape index (κ1) is 15.2. The molecular weight excluding hydrogens is 279 g/mol. The molecule has 0 aliphatic heterocycles. The largest absolute Gasteiger partial charge is 0.433 e. The lowest BCUT2D eigenvalue weighted by Gasteiger charge is -2.14.